The topological polar surface area (TPSA) is 109 Å². The number of carbonyl (C=O) groups is 2. The van der Waals surface area contributed by atoms with Gasteiger partial charge in [-0.3, -0.25) is 9.69 Å². The summed E-state index contributed by atoms with van der Waals surface area (Å²) in [4.78, 5) is 31.0. The summed E-state index contributed by atoms with van der Waals surface area (Å²) >= 11 is 0. The summed E-state index contributed by atoms with van der Waals surface area (Å²) in [7, 11) is 1.59. The van der Waals surface area contributed by atoms with E-state index in [1.165, 1.54) is 4.90 Å². The van der Waals surface area contributed by atoms with Crippen LogP contribution in [0.2, 0.25) is 0 Å². The fourth-order valence-electron chi connectivity index (χ4n) is 3.81. The molecule has 32 heavy (non-hydrogen) atoms. The summed E-state index contributed by atoms with van der Waals surface area (Å²) in [6, 6.07) is 14.5. The zero-order chi connectivity index (χ0) is 23.3. The van der Waals surface area contributed by atoms with Gasteiger partial charge in [0.2, 0.25) is 0 Å². The molecule has 2 aromatic rings. The highest BCUT2D eigenvalue weighted by atomic mass is 16.5. The van der Waals surface area contributed by atoms with E-state index in [1.807, 2.05) is 31.2 Å². The number of amides is 3. The largest absolute Gasteiger partial charge is 0.497 e. The quantitative estimate of drug-likeness (QED) is 0.587. The predicted molar refractivity (Wildman–Crippen MR) is 125 cm³/mol. The Morgan fingerprint density at radius 2 is 1.75 bits per heavy atom. The van der Waals surface area contributed by atoms with E-state index in [2.05, 4.69) is 29.5 Å². The van der Waals surface area contributed by atoms with Crippen LogP contribution in [0.5, 0.6) is 5.75 Å². The third-order valence-electron chi connectivity index (χ3n) is 5.31. The number of rotatable bonds is 8. The predicted octanol–water partition coefficient (Wildman–Crippen LogP) is 3.48. The lowest BCUT2D eigenvalue weighted by molar-refractivity contribution is -0.131. The van der Waals surface area contributed by atoms with E-state index in [0.717, 1.165) is 16.9 Å². The molecule has 1 aliphatic rings. The van der Waals surface area contributed by atoms with E-state index in [4.69, 9.17) is 10.5 Å². The van der Waals surface area contributed by atoms with Gasteiger partial charge in [-0.2, -0.15) is 0 Å². The number of nitrogens with zero attached hydrogens (tertiary/aromatic N) is 2. The molecule has 170 valence electrons. The summed E-state index contributed by atoms with van der Waals surface area (Å²) < 4.78 is 5.10. The molecule has 8 heteroatoms. The molecule has 0 radical (unpaired) electrons. The second kappa shape index (κ2) is 9.72. The maximum Gasteiger partial charge on any atom is 0.319 e. The van der Waals surface area contributed by atoms with Crippen LogP contribution in [0.4, 0.5) is 10.5 Å². The summed E-state index contributed by atoms with van der Waals surface area (Å²) in [6.07, 6.45) is 0.659. The van der Waals surface area contributed by atoms with Crippen molar-refractivity contribution in [2.45, 2.75) is 45.8 Å². The minimum Gasteiger partial charge on any atom is -0.497 e. The van der Waals surface area contributed by atoms with Gasteiger partial charge in [0.05, 0.1) is 13.7 Å². The first-order chi connectivity index (χ1) is 15.2. The van der Waals surface area contributed by atoms with Crippen LogP contribution in [0, 0.1) is 5.92 Å². The van der Waals surface area contributed by atoms with Crippen molar-refractivity contribution in [3.05, 3.63) is 59.7 Å². The van der Waals surface area contributed by atoms with Crippen LogP contribution in [-0.4, -0.2) is 35.4 Å². The highest BCUT2D eigenvalue weighted by Crippen LogP contribution is 2.29. The zero-order valence-electron chi connectivity index (χ0n) is 19.0. The number of nitrogens with two attached hydrogens (primary N) is 1. The van der Waals surface area contributed by atoms with Crippen molar-refractivity contribution in [3.8, 4) is 5.75 Å². The highest BCUT2D eigenvalue weighted by molar-refractivity contribution is 6.06. The third-order valence-corrected chi connectivity index (χ3v) is 5.31. The molecule has 1 atom stereocenters. The van der Waals surface area contributed by atoms with Crippen molar-refractivity contribution in [1.82, 2.24) is 10.2 Å². The van der Waals surface area contributed by atoms with Crippen LogP contribution in [0.15, 0.2) is 53.5 Å². The fraction of sp³-hybridized carbons (Fsp3) is 0.375. The Hall–Kier alpha value is -3.55. The van der Waals surface area contributed by atoms with Crippen LogP contribution in [0.25, 0.3) is 0 Å². The first kappa shape index (κ1) is 23.1. The number of carbonyl (C=O) groups excluding carboxylic acids is 2. The minimum absolute atomic E-state index is 0.0651. The first-order valence-electron chi connectivity index (χ1n) is 10.6. The molecule has 1 aliphatic heterocycles. The normalized spacial score (nSPS) is 18.0. The molecule has 4 N–H and O–H groups in total. The summed E-state index contributed by atoms with van der Waals surface area (Å²) in [6.45, 7) is 6.72. The Labute approximate surface area is 188 Å². The van der Waals surface area contributed by atoms with E-state index in [0.29, 0.717) is 31.1 Å². The molecular weight excluding hydrogens is 406 g/mol. The Morgan fingerprint density at radius 1 is 1.12 bits per heavy atom. The van der Waals surface area contributed by atoms with Gasteiger partial charge in [-0.1, -0.05) is 38.1 Å². The summed E-state index contributed by atoms with van der Waals surface area (Å²) in [5, 5.41) is 5.60. The lowest BCUT2D eigenvalue weighted by atomic mass is 9.91. The molecule has 0 saturated heterocycles. The number of hydrogen-bond donors (Lipinski definition) is 3. The number of aliphatic imine (C=N–C) groups is 1. The van der Waals surface area contributed by atoms with Gasteiger partial charge in [0.1, 0.15) is 11.3 Å². The number of guanidine groups is 1. The fourth-order valence-corrected chi connectivity index (χ4v) is 3.81. The van der Waals surface area contributed by atoms with Crippen molar-refractivity contribution < 1.29 is 14.3 Å². The zero-order valence-corrected chi connectivity index (χ0v) is 19.0. The van der Waals surface area contributed by atoms with Gasteiger partial charge in [-0.05, 0) is 54.7 Å². The van der Waals surface area contributed by atoms with Crippen molar-refractivity contribution in [3.63, 3.8) is 0 Å². The van der Waals surface area contributed by atoms with E-state index >= 15 is 0 Å². The minimum atomic E-state index is -0.792. The second-order valence-corrected chi connectivity index (χ2v) is 8.59. The molecule has 0 aliphatic carbocycles. The average molecular weight is 438 g/mol. The lowest BCUT2D eigenvalue weighted by Crippen LogP contribution is -2.43. The van der Waals surface area contributed by atoms with Crippen LogP contribution in [0.1, 0.15) is 38.3 Å². The second-order valence-electron chi connectivity index (χ2n) is 8.59. The molecule has 0 aromatic heterocycles. The standard InChI is InChI=1S/C24H31N5O3/c1-16(2)13-24(3)21(30)29(22(25)28-24)15-18-7-5-17(6-8-18)14-26-23(31)27-19-9-11-20(32-4)12-10-19/h5-12,16H,13-15H2,1-4H3,(H2,25,28)(H2,26,27,31). The summed E-state index contributed by atoms with van der Waals surface area (Å²) in [5.74, 6) is 1.27. The lowest BCUT2D eigenvalue weighted by Gasteiger charge is -2.23. The van der Waals surface area contributed by atoms with Crippen molar-refractivity contribution in [1.29, 1.82) is 0 Å². The van der Waals surface area contributed by atoms with Gasteiger partial charge in [-0.15, -0.1) is 0 Å². The molecule has 1 heterocycles. The van der Waals surface area contributed by atoms with Gasteiger partial charge in [-0.25, -0.2) is 9.79 Å². The van der Waals surface area contributed by atoms with Crippen molar-refractivity contribution in [2.75, 3.05) is 12.4 Å². The number of benzene rings is 2. The molecule has 0 saturated carbocycles. The Balaban J connectivity index is 1.52. The smallest absolute Gasteiger partial charge is 0.319 e. The SMILES string of the molecule is COc1ccc(NC(=O)NCc2ccc(CN3C(=O)C(C)(CC(C)C)N=C3N)cc2)cc1. The van der Waals surface area contributed by atoms with Crippen LogP contribution in [-0.2, 0) is 17.9 Å². The molecule has 1 unspecified atom stereocenters. The van der Waals surface area contributed by atoms with Crippen molar-refractivity contribution in [2.24, 2.45) is 16.6 Å². The summed E-state index contributed by atoms with van der Waals surface area (Å²) in [5.41, 5.74) is 7.82. The van der Waals surface area contributed by atoms with E-state index < -0.39 is 5.54 Å². The highest BCUT2D eigenvalue weighted by Gasteiger charge is 2.43. The maximum atomic E-state index is 12.9. The molecular formula is C24H31N5O3. The van der Waals surface area contributed by atoms with Crippen LogP contribution < -0.4 is 21.1 Å². The average Bonchev–Trinajstić information content (AvgIpc) is 2.96. The van der Waals surface area contributed by atoms with Gasteiger partial charge in [0.15, 0.2) is 5.96 Å². The monoisotopic (exact) mass is 437 g/mol. The van der Waals surface area contributed by atoms with E-state index in [9.17, 15) is 9.59 Å². The number of urea groups is 1. The number of anilines is 1. The van der Waals surface area contributed by atoms with Crippen LogP contribution in [0.3, 0.4) is 0 Å². The van der Waals surface area contributed by atoms with E-state index in [1.54, 1.807) is 31.4 Å². The Morgan fingerprint density at radius 3 is 2.34 bits per heavy atom. The van der Waals surface area contributed by atoms with E-state index in [-0.39, 0.29) is 17.9 Å². The molecule has 0 spiro atoms. The maximum absolute atomic E-state index is 12.9. The Kier molecular flexibility index (Phi) is 7.02. The van der Waals surface area contributed by atoms with Gasteiger partial charge < -0.3 is 21.1 Å². The molecule has 2 aromatic carbocycles. The van der Waals surface area contributed by atoms with Gasteiger partial charge >= 0.3 is 6.03 Å². The third kappa shape index (κ3) is 5.57. The number of methoxy groups -OCH3 is 1. The molecule has 3 rings (SSSR count). The number of hydrogen-bond acceptors (Lipinski definition) is 5. The molecule has 3 amide bonds. The Bertz CT molecular complexity index is 986. The number of nitrogens with one attached hydrogen (secondary N) is 2. The van der Waals surface area contributed by atoms with Gasteiger partial charge in [0.25, 0.3) is 5.91 Å². The van der Waals surface area contributed by atoms with Gasteiger partial charge in [0, 0.05) is 12.2 Å². The molecule has 8 nitrogen and oxygen atoms in total. The van der Waals surface area contributed by atoms with Crippen LogP contribution >= 0.6 is 0 Å². The molecule has 0 bridgehead atoms. The van der Waals surface area contributed by atoms with Crippen molar-refractivity contribution >= 4 is 23.6 Å². The first-order valence-corrected chi connectivity index (χ1v) is 10.6. The number of ether oxygens (including phenoxy) is 1. The molecule has 0 fully saturated rings.